The Kier molecular flexibility index (Phi) is 4.50. The van der Waals surface area contributed by atoms with E-state index in [1.54, 1.807) is 6.92 Å². The molecule has 0 saturated carbocycles. The monoisotopic (exact) mass is 270 g/mol. The van der Waals surface area contributed by atoms with Crippen molar-refractivity contribution in [3.63, 3.8) is 0 Å². The van der Waals surface area contributed by atoms with E-state index in [2.05, 4.69) is 9.56 Å². The molecule has 15 heavy (non-hydrogen) atoms. The molecular weight excluding hydrogens is 260 g/mol. The molecule has 0 bridgehead atoms. The maximum absolute atomic E-state index is 11.6. The van der Waals surface area contributed by atoms with Crippen LogP contribution in [0.15, 0.2) is 16.3 Å². The number of halogens is 1. The van der Waals surface area contributed by atoms with Crippen LogP contribution in [0.1, 0.15) is 6.92 Å². The lowest BCUT2D eigenvalue weighted by Crippen LogP contribution is -2.32. The molecule has 0 fully saturated rings. The van der Waals surface area contributed by atoms with Gasteiger partial charge < -0.3 is 4.84 Å². The summed E-state index contributed by atoms with van der Waals surface area (Å²) in [7, 11) is -3.50. The number of sulfonamides is 1. The molecule has 1 aromatic rings. The van der Waals surface area contributed by atoms with Crippen molar-refractivity contribution in [3.05, 3.63) is 16.5 Å². The third kappa shape index (κ3) is 3.71. The summed E-state index contributed by atoms with van der Waals surface area (Å²) in [4.78, 5) is 4.44. The van der Waals surface area contributed by atoms with Gasteiger partial charge in [-0.3, -0.25) is 0 Å². The van der Waals surface area contributed by atoms with Gasteiger partial charge in [-0.2, -0.15) is 0 Å². The molecule has 0 aliphatic rings. The predicted molar refractivity (Wildman–Crippen MR) is 59.3 cm³/mol. The van der Waals surface area contributed by atoms with E-state index >= 15 is 0 Å². The highest BCUT2D eigenvalue weighted by Gasteiger charge is 2.17. The Morgan fingerprint density at radius 1 is 1.67 bits per heavy atom. The van der Waals surface area contributed by atoms with Crippen LogP contribution in [0.5, 0.6) is 0 Å². The molecule has 8 heteroatoms. The molecule has 0 radical (unpaired) electrons. The molecule has 1 aromatic heterocycles. The average Bonchev–Trinajstić information content (AvgIpc) is 2.62. The maximum atomic E-state index is 11.6. The Hall–Kier alpha value is -0.180. The molecule has 0 aliphatic carbocycles. The lowest BCUT2D eigenvalue weighted by Gasteiger charge is -2.09. The maximum Gasteiger partial charge on any atom is 0.250 e. The minimum atomic E-state index is -3.50. The second kappa shape index (κ2) is 5.24. The van der Waals surface area contributed by atoms with Gasteiger partial charge in [0.25, 0.3) is 0 Å². The van der Waals surface area contributed by atoms with Gasteiger partial charge in [-0.25, -0.2) is 19.0 Å². The van der Waals surface area contributed by atoms with Crippen molar-refractivity contribution in [2.24, 2.45) is 5.90 Å². The average molecular weight is 271 g/mol. The third-order valence-electron chi connectivity index (χ3n) is 1.61. The van der Waals surface area contributed by atoms with Gasteiger partial charge in [0, 0.05) is 6.54 Å². The van der Waals surface area contributed by atoms with E-state index in [9.17, 15) is 8.42 Å². The molecule has 3 N–H and O–H groups in total. The van der Waals surface area contributed by atoms with Crippen LogP contribution in [0.4, 0.5) is 0 Å². The highest BCUT2D eigenvalue weighted by molar-refractivity contribution is 7.91. The van der Waals surface area contributed by atoms with Gasteiger partial charge in [0.15, 0.2) is 0 Å². The summed E-state index contributed by atoms with van der Waals surface area (Å²) >= 11 is 6.63. The van der Waals surface area contributed by atoms with Gasteiger partial charge in [-0.1, -0.05) is 11.6 Å². The fraction of sp³-hybridized carbons (Fsp3) is 0.429. The lowest BCUT2D eigenvalue weighted by molar-refractivity contribution is 0.0703. The highest BCUT2D eigenvalue weighted by Crippen LogP contribution is 2.25. The van der Waals surface area contributed by atoms with Crippen LogP contribution in [0, 0.1) is 0 Å². The molecule has 1 rings (SSSR count). The van der Waals surface area contributed by atoms with Crippen molar-refractivity contribution in [3.8, 4) is 0 Å². The number of hydrogen-bond donors (Lipinski definition) is 2. The van der Waals surface area contributed by atoms with Crippen LogP contribution in [0.2, 0.25) is 4.34 Å². The zero-order chi connectivity index (χ0) is 11.5. The van der Waals surface area contributed by atoms with E-state index in [4.69, 9.17) is 17.5 Å². The minimum absolute atomic E-state index is 0.119. The normalized spacial score (nSPS) is 14.1. The first-order valence-electron chi connectivity index (χ1n) is 4.06. The first-order valence-corrected chi connectivity index (χ1v) is 6.74. The van der Waals surface area contributed by atoms with Crippen molar-refractivity contribution >= 4 is 33.0 Å². The van der Waals surface area contributed by atoms with Crippen LogP contribution in [-0.2, 0) is 14.9 Å². The topological polar surface area (TPSA) is 81.4 Å². The molecule has 86 valence electrons. The summed E-state index contributed by atoms with van der Waals surface area (Å²) < 4.78 is 26.2. The van der Waals surface area contributed by atoms with Gasteiger partial charge in [0.1, 0.15) is 4.21 Å². The number of rotatable bonds is 5. The summed E-state index contributed by atoms with van der Waals surface area (Å²) in [6, 6.07) is 2.98. The largest absolute Gasteiger partial charge is 0.300 e. The quantitative estimate of drug-likeness (QED) is 0.781. The second-order valence-corrected chi connectivity index (χ2v) is 6.57. The molecule has 0 aliphatic heterocycles. The van der Waals surface area contributed by atoms with E-state index in [1.165, 1.54) is 12.1 Å². The van der Waals surface area contributed by atoms with Crippen LogP contribution in [-0.4, -0.2) is 21.1 Å². The van der Waals surface area contributed by atoms with Gasteiger partial charge in [0.2, 0.25) is 10.0 Å². The van der Waals surface area contributed by atoms with E-state index in [-0.39, 0.29) is 16.9 Å². The summed E-state index contributed by atoms with van der Waals surface area (Å²) in [5, 5.41) is 0. The van der Waals surface area contributed by atoms with E-state index in [0.717, 1.165) is 11.3 Å². The Morgan fingerprint density at radius 3 is 2.80 bits per heavy atom. The molecule has 1 atom stereocenters. The number of hydrogen-bond acceptors (Lipinski definition) is 5. The molecule has 0 saturated heterocycles. The first-order chi connectivity index (χ1) is 6.95. The summed E-state index contributed by atoms with van der Waals surface area (Å²) in [6.07, 6.45) is -0.379. The molecule has 0 spiro atoms. The van der Waals surface area contributed by atoms with E-state index in [0.29, 0.717) is 4.34 Å². The molecule has 1 heterocycles. The highest BCUT2D eigenvalue weighted by atomic mass is 35.5. The molecular formula is C7H11ClN2O3S2. The fourth-order valence-corrected chi connectivity index (χ4v) is 3.43. The third-order valence-corrected chi connectivity index (χ3v) is 4.75. The van der Waals surface area contributed by atoms with Crippen LogP contribution < -0.4 is 10.6 Å². The SMILES string of the molecule is CC(CNS(=O)(=O)c1ccc(Cl)s1)ON. The predicted octanol–water partition coefficient (Wildman–Crippen LogP) is 0.959. The zero-order valence-corrected chi connectivity index (χ0v) is 10.3. The Morgan fingerprint density at radius 2 is 2.33 bits per heavy atom. The second-order valence-electron chi connectivity index (χ2n) is 2.86. The fourth-order valence-electron chi connectivity index (χ4n) is 0.788. The van der Waals surface area contributed by atoms with Crippen LogP contribution >= 0.6 is 22.9 Å². The van der Waals surface area contributed by atoms with Gasteiger partial charge in [-0.15, -0.1) is 11.3 Å². The van der Waals surface area contributed by atoms with Crippen molar-refractivity contribution in [1.82, 2.24) is 4.72 Å². The summed E-state index contributed by atoms with van der Waals surface area (Å²) in [5.41, 5.74) is 0. The van der Waals surface area contributed by atoms with E-state index < -0.39 is 10.0 Å². The number of thiophene rings is 1. The Labute approximate surface area is 97.2 Å². The van der Waals surface area contributed by atoms with Crippen LogP contribution in [0.3, 0.4) is 0 Å². The summed E-state index contributed by atoms with van der Waals surface area (Å²) in [6.45, 7) is 1.78. The smallest absolute Gasteiger partial charge is 0.250 e. The van der Waals surface area contributed by atoms with Crippen LogP contribution in [0.25, 0.3) is 0 Å². The standard InChI is InChI=1S/C7H11ClN2O3S2/c1-5(13-9)4-10-15(11,12)7-3-2-6(8)14-7/h2-3,5,10H,4,9H2,1H3. The first kappa shape index (κ1) is 12.9. The Bertz CT molecular complexity index is 418. The minimum Gasteiger partial charge on any atom is -0.300 e. The summed E-state index contributed by atoms with van der Waals surface area (Å²) in [5.74, 6) is 4.89. The molecule has 5 nitrogen and oxygen atoms in total. The zero-order valence-electron chi connectivity index (χ0n) is 7.94. The van der Waals surface area contributed by atoms with E-state index in [1.807, 2.05) is 0 Å². The van der Waals surface area contributed by atoms with Crippen molar-refractivity contribution in [2.45, 2.75) is 17.2 Å². The molecule has 0 amide bonds. The lowest BCUT2D eigenvalue weighted by atomic mass is 10.4. The van der Waals surface area contributed by atoms with Gasteiger partial charge in [0.05, 0.1) is 10.4 Å². The van der Waals surface area contributed by atoms with Crippen molar-refractivity contribution < 1.29 is 13.3 Å². The number of nitrogens with one attached hydrogen (secondary N) is 1. The van der Waals surface area contributed by atoms with Crippen molar-refractivity contribution in [1.29, 1.82) is 0 Å². The molecule has 1 unspecified atom stereocenters. The van der Waals surface area contributed by atoms with Gasteiger partial charge in [-0.05, 0) is 19.1 Å². The number of nitrogens with two attached hydrogens (primary N) is 1. The van der Waals surface area contributed by atoms with Gasteiger partial charge >= 0.3 is 0 Å². The van der Waals surface area contributed by atoms with Crippen molar-refractivity contribution in [2.75, 3.05) is 6.54 Å². The molecule has 0 aromatic carbocycles. The Balaban J connectivity index is 2.68.